The monoisotopic (exact) mass is 449 g/mol. The van der Waals surface area contributed by atoms with Crippen LogP contribution in [0.5, 0.6) is 11.5 Å². The second-order valence-electron chi connectivity index (χ2n) is 9.54. The van der Waals surface area contributed by atoms with E-state index in [4.69, 9.17) is 9.47 Å². The third-order valence-corrected chi connectivity index (χ3v) is 7.53. The van der Waals surface area contributed by atoms with Gasteiger partial charge in [-0.3, -0.25) is 4.90 Å². The molecule has 0 aliphatic carbocycles. The number of nitrogens with zero attached hydrogens (tertiary/aromatic N) is 3. The first kappa shape index (κ1) is 25.1. The van der Waals surface area contributed by atoms with Gasteiger partial charge in [-0.2, -0.15) is 5.26 Å². The molecule has 5 nitrogen and oxygen atoms in total. The van der Waals surface area contributed by atoms with Crippen LogP contribution in [-0.2, 0) is 12.0 Å². The maximum Gasteiger partial charge on any atom is 0.161 e. The SMILES string of the molecule is COc1ccc(CN(CCC#N)CC[C@]2(c3ccccc3)C[C@H](C)N(C)C[C@@H]2C)cc1OC. The highest BCUT2D eigenvalue weighted by Crippen LogP contribution is 2.44. The Hall–Kier alpha value is -2.55. The van der Waals surface area contributed by atoms with E-state index in [1.807, 2.05) is 12.1 Å². The first-order valence-electron chi connectivity index (χ1n) is 12.0. The largest absolute Gasteiger partial charge is 0.493 e. The molecule has 2 aromatic carbocycles. The average Bonchev–Trinajstić information content (AvgIpc) is 2.84. The lowest BCUT2D eigenvalue weighted by atomic mass is 9.63. The molecule has 0 radical (unpaired) electrons. The van der Waals surface area contributed by atoms with Crippen LogP contribution in [0.1, 0.15) is 44.2 Å². The second-order valence-corrected chi connectivity index (χ2v) is 9.54. The maximum atomic E-state index is 9.26. The van der Waals surface area contributed by atoms with E-state index < -0.39 is 0 Å². The van der Waals surface area contributed by atoms with Gasteiger partial charge in [-0.1, -0.05) is 43.3 Å². The quantitative estimate of drug-likeness (QED) is 0.505. The Labute approximate surface area is 199 Å². The fraction of sp³-hybridized carbons (Fsp3) is 0.536. The lowest BCUT2D eigenvalue weighted by molar-refractivity contribution is 0.0602. The van der Waals surface area contributed by atoms with Gasteiger partial charge in [0, 0.05) is 37.5 Å². The molecule has 1 fully saturated rings. The number of likely N-dealkylation sites (tertiary alicyclic amines) is 1. The molecule has 0 amide bonds. The average molecular weight is 450 g/mol. The van der Waals surface area contributed by atoms with Gasteiger partial charge in [0.15, 0.2) is 11.5 Å². The van der Waals surface area contributed by atoms with Crippen LogP contribution in [0.3, 0.4) is 0 Å². The van der Waals surface area contributed by atoms with Crippen molar-refractivity contribution < 1.29 is 9.47 Å². The Bertz CT molecular complexity index is 926. The lowest BCUT2D eigenvalue weighted by Crippen LogP contribution is -2.52. The molecule has 1 heterocycles. The van der Waals surface area contributed by atoms with Crippen molar-refractivity contribution in [3.63, 3.8) is 0 Å². The molecular weight excluding hydrogens is 410 g/mol. The Morgan fingerprint density at radius 1 is 1.06 bits per heavy atom. The van der Waals surface area contributed by atoms with E-state index in [0.29, 0.717) is 18.4 Å². The van der Waals surface area contributed by atoms with E-state index >= 15 is 0 Å². The molecule has 0 saturated carbocycles. The van der Waals surface area contributed by atoms with Crippen molar-refractivity contribution in [3.8, 4) is 17.6 Å². The second kappa shape index (κ2) is 11.5. The van der Waals surface area contributed by atoms with Crippen LogP contribution in [0.4, 0.5) is 0 Å². The molecule has 0 spiro atoms. The maximum absolute atomic E-state index is 9.26. The van der Waals surface area contributed by atoms with Crippen molar-refractivity contribution in [2.45, 2.75) is 51.1 Å². The smallest absolute Gasteiger partial charge is 0.161 e. The zero-order chi connectivity index (χ0) is 23.8. The molecule has 33 heavy (non-hydrogen) atoms. The summed E-state index contributed by atoms with van der Waals surface area (Å²) in [6, 6.07) is 20.0. The number of methoxy groups -OCH3 is 2. The van der Waals surface area contributed by atoms with Gasteiger partial charge in [0.25, 0.3) is 0 Å². The van der Waals surface area contributed by atoms with Crippen molar-refractivity contribution in [3.05, 3.63) is 59.7 Å². The summed E-state index contributed by atoms with van der Waals surface area (Å²) < 4.78 is 10.9. The van der Waals surface area contributed by atoms with Gasteiger partial charge < -0.3 is 14.4 Å². The standard InChI is InChI=1S/C28H39N3O2/c1-22-20-30(3)23(2)19-28(22,25-10-7-6-8-11-25)14-17-31(16-9-15-29)21-24-12-13-26(32-4)27(18-24)33-5/h6-8,10-13,18,22-23H,9,14,16-17,19-21H2,1-5H3/t22-,23-,28-/m0/s1. The molecular formula is C28H39N3O2. The minimum absolute atomic E-state index is 0.135. The van der Waals surface area contributed by atoms with E-state index in [2.05, 4.69) is 73.2 Å². The van der Waals surface area contributed by atoms with Crippen LogP contribution in [0.2, 0.25) is 0 Å². The van der Waals surface area contributed by atoms with Crippen molar-refractivity contribution in [2.75, 3.05) is 40.9 Å². The van der Waals surface area contributed by atoms with E-state index in [0.717, 1.165) is 50.5 Å². The molecule has 1 saturated heterocycles. The molecule has 1 aliphatic rings. The number of nitriles is 1. The first-order chi connectivity index (χ1) is 15.9. The van der Waals surface area contributed by atoms with Crippen molar-refractivity contribution in [2.24, 2.45) is 5.92 Å². The van der Waals surface area contributed by atoms with Gasteiger partial charge in [-0.25, -0.2) is 0 Å². The summed E-state index contributed by atoms with van der Waals surface area (Å²) in [6.07, 6.45) is 2.76. The number of piperidine rings is 1. The highest BCUT2D eigenvalue weighted by molar-refractivity contribution is 5.42. The predicted molar refractivity (Wildman–Crippen MR) is 134 cm³/mol. The first-order valence-corrected chi connectivity index (χ1v) is 12.0. The molecule has 0 bridgehead atoms. The van der Waals surface area contributed by atoms with Crippen LogP contribution < -0.4 is 9.47 Å². The Morgan fingerprint density at radius 3 is 2.45 bits per heavy atom. The third kappa shape index (κ3) is 5.88. The minimum Gasteiger partial charge on any atom is -0.493 e. The number of rotatable bonds is 10. The van der Waals surface area contributed by atoms with E-state index in [9.17, 15) is 5.26 Å². The molecule has 0 aromatic heterocycles. The molecule has 3 atom stereocenters. The highest BCUT2D eigenvalue weighted by atomic mass is 16.5. The Kier molecular flexibility index (Phi) is 8.77. The fourth-order valence-corrected chi connectivity index (χ4v) is 5.41. The van der Waals surface area contributed by atoms with Crippen LogP contribution >= 0.6 is 0 Å². The molecule has 3 rings (SSSR count). The normalized spacial score (nSPS) is 23.3. The van der Waals surface area contributed by atoms with E-state index in [1.54, 1.807) is 14.2 Å². The van der Waals surface area contributed by atoms with Crippen LogP contribution in [-0.4, -0.2) is 56.7 Å². The lowest BCUT2D eigenvalue weighted by Gasteiger charge is -2.50. The molecule has 0 N–H and O–H groups in total. The van der Waals surface area contributed by atoms with Crippen LogP contribution in [0, 0.1) is 17.2 Å². The number of ether oxygens (including phenoxy) is 2. The number of hydrogen-bond donors (Lipinski definition) is 0. The molecule has 5 heteroatoms. The molecule has 2 aromatic rings. The Morgan fingerprint density at radius 2 is 1.79 bits per heavy atom. The van der Waals surface area contributed by atoms with Crippen molar-refractivity contribution in [1.82, 2.24) is 9.80 Å². The third-order valence-electron chi connectivity index (χ3n) is 7.53. The van der Waals surface area contributed by atoms with E-state index in [1.165, 1.54) is 11.1 Å². The van der Waals surface area contributed by atoms with Gasteiger partial charge in [0.05, 0.1) is 20.3 Å². The summed E-state index contributed by atoms with van der Waals surface area (Å²) in [7, 11) is 5.57. The van der Waals surface area contributed by atoms with Gasteiger partial charge in [0.1, 0.15) is 0 Å². The summed E-state index contributed by atoms with van der Waals surface area (Å²) in [6.45, 7) is 8.36. The van der Waals surface area contributed by atoms with Crippen molar-refractivity contribution in [1.29, 1.82) is 5.26 Å². The summed E-state index contributed by atoms with van der Waals surface area (Å²) in [5.74, 6) is 2.04. The van der Waals surface area contributed by atoms with Crippen LogP contribution in [0.15, 0.2) is 48.5 Å². The van der Waals surface area contributed by atoms with Gasteiger partial charge in [0.2, 0.25) is 0 Å². The Balaban J connectivity index is 1.83. The van der Waals surface area contributed by atoms with Crippen molar-refractivity contribution >= 4 is 0 Å². The summed E-state index contributed by atoms with van der Waals surface area (Å²) >= 11 is 0. The minimum atomic E-state index is 0.135. The molecule has 178 valence electrons. The summed E-state index contributed by atoms with van der Waals surface area (Å²) in [5, 5.41) is 9.26. The molecule has 1 aliphatic heterocycles. The summed E-state index contributed by atoms with van der Waals surface area (Å²) in [5.41, 5.74) is 2.75. The zero-order valence-corrected chi connectivity index (χ0v) is 20.9. The molecule has 0 unspecified atom stereocenters. The fourth-order valence-electron chi connectivity index (χ4n) is 5.41. The number of benzene rings is 2. The predicted octanol–water partition coefficient (Wildman–Crippen LogP) is 5.11. The zero-order valence-electron chi connectivity index (χ0n) is 20.9. The summed E-state index contributed by atoms with van der Waals surface area (Å²) in [4.78, 5) is 4.91. The van der Waals surface area contributed by atoms with E-state index in [-0.39, 0.29) is 5.41 Å². The van der Waals surface area contributed by atoms with Gasteiger partial charge in [-0.05, 0) is 62.5 Å². The van der Waals surface area contributed by atoms with Gasteiger partial charge >= 0.3 is 0 Å². The number of hydrogen-bond acceptors (Lipinski definition) is 5. The van der Waals surface area contributed by atoms with Gasteiger partial charge in [-0.15, -0.1) is 0 Å². The highest BCUT2D eigenvalue weighted by Gasteiger charge is 2.43. The van der Waals surface area contributed by atoms with Crippen LogP contribution in [0.25, 0.3) is 0 Å². The topological polar surface area (TPSA) is 48.7 Å².